The zero-order chi connectivity index (χ0) is 25.2. The number of carboxylic acids is 1. The van der Waals surface area contributed by atoms with Gasteiger partial charge < -0.3 is 15.5 Å². The minimum atomic E-state index is -3.28. The number of carboxylic acid groups (broad SMARTS) is 1. The van der Waals surface area contributed by atoms with Crippen LogP contribution in [0.15, 0.2) is 89.8 Å². The van der Waals surface area contributed by atoms with Crippen LogP contribution >= 0.6 is 0 Å². The maximum Gasteiger partial charge on any atom is 0.335 e. The van der Waals surface area contributed by atoms with E-state index in [0.717, 1.165) is 22.6 Å². The maximum absolute atomic E-state index is 12.7. The van der Waals surface area contributed by atoms with E-state index in [-0.39, 0.29) is 22.9 Å². The van der Waals surface area contributed by atoms with Crippen LogP contribution in [0.1, 0.15) is 43.5 Å². The van der Waals surface area contributed by atoms with Crippen molar-refractivity contribution < 1.29 is 28.2 Å². The first kappa shape index (κ1) is 24.1. The molecule has 1 unspecified atom stereocenters. The third kappa shape index (κ3) is 5.56. The average Bonchev–Trinajstić information content (AvgIpc) is 2.86. The van der Waals surface area contributed by atoms with Gasteiger partial charge >= 0.3 is 5.97 Å². The van der Waals surface area contributed by atoms with Crippen molar-refractivity contribution in [2.75, 3.05) is 6.26 Å². The van der Waals surface area contributed by atoms with Crippen molar-refractivity contribution in [3.05, 3.63) is 113 Å². The topological polar surface area (TPSA) is 121 Å². The second-order valence-corrected chi connectivity index (χ2v) is 10.3. The lowest BCUT2D eigenvalue weighted by atomic mass is 9.97. The van der Waals surface area contributed by atoms with Crippen molar-refractivity contribution in [3.63, 3.8) is 0 Å². The first-order valence-electron chi connectivity index (χ1n) is 10.7. The summed E-state index contributed by atoms with van der Waals surface area (Å²) in [5.41, 5.74) is 2.53. The normalized spacial score (nSPS) is 12.3. The Labute approximate surface area is 202 Å². The van der Waals surface area contributed by atoms with Gasteiger partial charge in [0.25, 0.3) is 5.91 Å². The molecule has 0 bridgehead atoms. The van der Waals surface area contributed by atoms with Crippen LogP contribution in [0.5, 0.6) is 0 Å². The van der Waals surface area contributed by atoms with Crippen LogP contribution in [0.4, 0.5) is 0 Å². The molecule has 1 amide bonds. The molecule has 0 aliphatic rings. The Morgan fingerprint density at radius 3 is 2.03 bits per heavy atom. The van der Waals surface area contributed by atoms with Crippen molar-refractivity contribution >= 4 is 32.5 Å². The molecule has 178 valence electrons. The number of hydrogen-bond acceptors (Lipinski definition) is 5. The van der Waals surface area contributed by atoms with Crippen LogP contribution in [0.2, 0.25) is 0 Å². The zero-order valence-electron chi connectivity index (χ0n) is 18.8. The van der Waals surface area contributed by atoms with Crippen molar-refractivity contribution in [1.29, 1.82) is 0 Å². The number of benzene rings is 4. The van der Waals surface area contributed by atoms with Crippen LogP contribution < -0.4 is 5.32 Å². The molecule has 0 aliphatic carbocycles. The summed E-state index contributed by atoms with van der Waals surface area (Å²) in [4.78, 5) is 24.0. The molecule has 8 heteroatoms. The summed E-state index contributed by atoms with van der Waals surface area (Å²) < 4.78 is 23.2. The fraction of sp³-hybridized carbons (Fsp3) is 0.111. The average molecular weight is 490 g/mol. The summed E-state index contributed by atoms with van der Waals surface area (Å²) in [5, 5.41) is 24.3. The molecule has 7 nitrogen and oxygen atoms in total. The van der Waals surface area contributed by atoms with E-state index < -0.39 is 21.9 Å². The highest BCUT2D eigenvalue weighted by molar-refractivity contribution is 7.90. The molecule has 0 aromatic heterocycles. The molecular weight excluding hydrogens is 466 g/mol. The molecule has 0 spiro atoms. The third-order valence-electron chi connectivity index (χ3n) is 5.72. The lowest BCUT2D eigenvalue weighted by Gasteiger charge is -2.13. The summed E-state index contributed by atoms with van der Waals surface area (Å²) in [6, 6.07) is 23.1. The standard InChI is InChI=1S/C27H23NO6S/c1-35(33,34)24-12-2-17(3-13-24)16-28-26(30)22-11-5-18-4-10-21(14-23(18)15-22)25(29)19-6-8-20(9-7-19)27(31)32/h2-15,25,29H,16H2,1H3,(H,28,30)(H,31,32). The monoisotopic (exact) mass is 489 g/mol. The molecule has 35 heavy (non-hydrogen) atoms. The number of nitrogens with one attached hydrogen (secondary N) is 1. The fourth-order valence-electron chi connectivity index (χ4n) is 3.72. The van der Waals surface area contributed by atoms with Crippen molar-refractivity contribution in [2.24, 2.45) is 0 Å². The van der Waals surface area contributed by atoms with Gasteiger partial charge in [-0.2, -0.15) is 0 Å². The van der Waals surface area contributed by atoms with Crippen molar-refractivity contribution in [3.8, 4) is 0 Å². The van der Waals surface area contributed by atoms with Crippen LogP contribution in [0, 0.1) is 0 Å². The third-order valence-corrected chi connectivity index (χ3v) is 6.85. The molecule has 3 N–H and O–H groups in total. The van der Waals surface area contributed by atoms with Crippen LogP contribution in [-0.2, 0) is 16.4 Å². The van der Waals surface area contributed by atoms with E-state index in [1.807, 2.05) is 12.1 Å². The number of rotatable bonds is 7. The number of aromatic carboxylic acids is 1. The number of aliphatic hydroxyl groups is 1. The Balaban J connectivity index is 1.50. The van der Waals surface area contributed by atoms with Gasteiger partial charge in [-0.3, -0.25) is 4.79 Å². The first-order valence-corrected chi connectivity index (χ1v) is 12.6. The van der Waals surface area contributed by atoms with Gasteiger partial charge in [-0.1, -0.05) is 42.5 Å². The lowest BCUT2D eigenvalue weighted by molar-refractivity contribution is 0.0696. The predicted octanol–water partition coefficient (Wildman–Crippen LogP) is 3.95. The Morgan fingerprint density at radius 2 is 1.40 bits per heavy atom. The van der Waals surface area contributed by atoms with Gasteiger partial charge in [0.15, 0.2) is 9.84 Å². The molecule has 0 heterocycles. The van der Waals surface area contributed by atoms with Gasteiger partial charge in [0.05, 0.1) is 10.5 Å². The van der Waals surface area contributed by atoms with Crippen molar-refractivity contribution in [1.82, 2.24) is 5.32 Å². The number of carbonyl (C=O) groups is 2. The highest BCUT2D eigenvalue weighted by Gasteiger charge is 2.14. The highest BCUT2D eigenvalue weighted by atomic mass is 32.2. The van der Waals surface area contributed by atoms with E-state index in [1.54, 1.807) is 48.5 Å². The number of aliphatic hydroxyl groups excluding tert-OH is 1. The summed E-state index contributed by atoms with van der Waals surface area (Å²) in [6.07, 6.45) is 0.192. The van der Waals surface area contributed by atoms with Gasteiger partial charge in [-0.25, -0.2) is 13.2 Å². The van der Waals surface area contributed by atoms with Crippen LogP contribution in [0.3, 0.4) is 0 Å². The minimum absolute atomic E-state index is 0.140. The fourth-order valence-corrected chi connectivity index (χ4v) is 4.35. The smallest absolute Gasteiger partial charge is 0.335 e. The van der Waals surface area contributed by atoms with E-state index in [2.05, 4.69) is 5.32 Å². The molecule has 0 saturated carbocycles. The van der Waals surface area contributed by atoms with E-state index in [4.69, 9.17) is 5.11 Å². The Hall–Kier alpha value is -4.01. The predicted molar refractivity (Wildman–Crippen MR) is 132 cm³/mol. The molecule has 0 saturated heterocycles. The molecular formula is C27H23NO6S. The highest BCUT2D eigenvalue weighted by Crippen LogP contribution is 2.26. The maximum atomic E-state index is 12.7. The molecule has 0 fully saturated rings. The largest absolute Gasteiger partial charge is 0.478 e. The number of hydrogen-bond donors (Lipinski definition) is 3. The van der Waals surface area contributed by atoms with Crippen molar-refractivity contribution in [2.45, 2.75) is 17.5 Å². The van der Waals surface area contributed by atoms with Crippen LogP contribution in [-0.4, -0.2) is 36.8 Å². The Morgan fingerprint density at radius 1 is 0.800 bits per heavy atom. The minimum Gasteiger partial charge on any atom is -0.478 e. The van der Waals surface area contributed by atoms with E-state index in [0.29, 0.717) is 16.7 Å². The van der Waals surface area contributed by atoms with Gasteiger partial charge in [0, 0.05) is 18.4 Å². The molecule has 0 aliphatic heterocycles. The van der Waals surface area contributed by atoms with E-state index in [9.17, 15) is 23.1 Å². The summed E-state index contributed by atoms with van der Waals surface area (Å²) in [7, 11) is -3.28. The number of carbonyl (C=O) groups excluding carboxylic acids is 1. The summed E-state index contributed by atoms with van der Waals surface area (Å²) >= 11 is 0. The second-order valence-electron chi connectivity index (χ2n) is 8.25. The van der Waals surface area contributed by atoms with Gasteiger partial charge in [-0.05, 0) is 69.9 Å². The van der Waals surface area contributed by atoms with Crippen LogP contribution in [0.25, 0.3) is 10.8 Å². The molecule has 4 aromatic carbocycles. The Bertz CT molecular complexity index is 1510. The van der Waals surface area contributed by atoms with Gasteiger partial charge in [-0.15, -0.1) is 0 Å². The zero-order valence-corrected chi connectivity index (χ0v) is 19.6. The summed E-state index contributed by atoms with van der Waals surface area (Å²) in [5.74, 6) is -1.32. The summed E-state index contributed by atoms with van der Waals surface area (Å²) in [6.45, 7) is 0.242. The first-order chi connectivity index (χ1) is 16.6. The second kappa shape index (κ2) is 9.69. The molecule has 0 radical (unpaired) electrons. The number of sulfone groups is 1. The molecule has 4 aromatic rings. The molecule has 4 rings (SSSR count). The lowest BCUT2D eigenvalue weighted by Crippen LogP contribution is -2.22. The van der Waals surface area contributed by atoms with E-state index >= 15 is 0 Å². The van der Waals surface area contributed by atoms with Gasteiger partial charge in [0.2, 0.25) is 0 Å². The number of amides is 1. The van der Waals surface area contributed by atoms with E-state index in [1.165, 1.54) is 24.3 Å². The number of fused-ring (bicyclic) bond motifs is 1. The SMILES string of the molecule is CS(=O)(=O)c1ccc(CNC(=O)c2ccc3ccc(C(O)c4ccc(C(=O)O)cc4)cc3c2)cc1. The van der Waals surface area contributed by atoms with Gasteiger partial charge in [0.1, 0.15) is 6.10 Å². The molecule has 1 atom stereocenters. The Kier molecular flexibility index (Phi) is 6.68. The quantitative estimate of drug-likeness (QED) is 0.361.